The van der Waals surface area contributed by atoms with Crippen molar-refractivity contribution in [3.63, 3.8) is 0 Å². The molecule has 2 aromatic carbocycles. The number of carboxylic acids is 1. The first-order chi connectivity index (χ1) is 9.06. The number of hydrogen-bond acceptors (Lipinski definition) is 1. The number of halogens is 1. The van der Waals surface area contributed by atoms with E-state index in [4.69, 9.17) is 5.11 Å². The van der Waals surface area contributed by atoms with Gasteiger partial charge in [-0.05, 0) is 47.9 Å². The van der Waals surface area contributed by atoms with Gasteiger partial charge in [0, 0.05) is 5.57 Å². The van der Waals surface area contributed by atoms with E-state index in [0.29, 0.717) is 0 Å². The monoisotopic (exact) mass is 256 g/mol. The Hall–Kier alpha value is -2.42. The normalized spacial score (nSPS) is 11.4. The molecule has 1 N–H and O–H groups in total. The van der Waals surface area contributed by atoms with Gasteiger partial charge in [0.05, 0.1) is 0 Å². The Morgan fingerprint density at radius 1 is 1.11 bits per heavy atom. The van der Waals surface area contributed by atoms with Gasteiger partial charge in [0.25, 0.3) is 0 Å². The average Bonchev–Trinajstić information content (AvgIpc) is 2.39. The molecule has 19 heavy (non-hydrogen) atoms. The lowest BCUT2D eigenvalue weighted by molar-refractivity contribution is -0.132. The average molecular weight is 256 g/mol. The highest BCUT2D eigenvalue weighted by Crippen LogP contribution is 2.22. The Kier molecular flexibility index (Phi) is 3.76. The summed E-state index contributed by atoms with van der Waals surface area (Å²) >= 11 is 0. The molecule has 2 nitrogen and oxygen atoms in total. The maximum absolute atomic E-state index is 13.2. The van der Waals surface area contributed by atoms with Crippen molar-refractivity contribution in [2.45, 2.75) is 6.92 Å². The van der Waals surface area contributed by atoms with E-state index in [-0.39, 0.29) is 11.4 Å². The molecule has 0 aromatic heterocycles. The minimum absolute atomic E-state index is 0.261. The predicted octanol–water partition coefficient (Wildman–Crippen LogP) is 3.98. The van der Waals surface area contributed by atoms with Crippen molar-refractivity contribution in [2.75, 3.05) is 0 Å². The van der Waals surface area contributed by atoms with Crippen LogP contribution in [-0.2, 0) is 4.79 Å². The zero-order chi connectivity index (χ0) is 13.8. The summed E-state index contributed by atoms with van der Waals surface area (Å²) in [5.41, 5.74) is 2.66. The molecular weight excluding hydrogens is 243 g/mol. The Balaban J connectivity index is 2.40. The highest BCUT2D eigenvalue weighted by atomic mass is 19.1. The van der Waals surface area contributed by atoms with E-state index in [2.05, 4.69) is 0 Å². The van der Waals surface area contributed by atoms with Crippen LogP contribution in [0.25, 0.3) is 17.2 Å². The topological polar surface area (TPSA) is 37.3 Å². The molecule has 0 fully saturated rings. The third-order valence-corrected chi connectivity index (χ3v) is 2.77. The first-order valence-corrected chi connectivity index (χ1v) is 5.84. The van der Waals surface area contributed by atoms with Gasteiger partial charge in [0.1, 0.15) is 5.82 Å². The van der Waals surface area contributed by atoms with Crippen molar-refractivity contribution in [1.29, 1.82) is 0 Å². The Bertz CT molecular complexity index is 645. The summed E-state index contributed by atoms with van der Waals surface area (Å²) in [7, 11) is 0. The molecule has 0 aliphatic heterocycles. The van der Waals surface area contributed by atoms with Crippen LogP contribution >= 0.6 is 0 Å². The van der Waals surface area contributed by atoms with Crippen molar-refractivity contribution in [3.8, 4) is 11.1 Å². The summed E-state index contributed by atoms with van der Waals surface area (Å²) in [4.78, 5) is 10.8. The SMILES string of the molecule is C/C(=C\c1cccc(-c2cccc(F)c2)c1)C(=O)O. The van der Waals surface area contributed by atoms with Crippen molar-refractivity contribution in [2.24, 2.45) is 0 Å². The largest absolute Gasteiger partial charge is 0.478 e. The summed E-state index contributed by atoms with van der Waals surface area (Å²) < 4.78 is 13.2. The maximum Gasteiger partial charge on any atom is 0.331 e. The van der Waals surface area contributed by atoms with Crippen LogP contribution in [0.3, 0.4) is 0 Å². The molecule has 0 unspecified atom stereocenters. The molecule has 0 saturated carbocycles. The lowest BCUT2D eigenvalue weighted by atomic mass is 10.0. The summed E-state index contributed by atoms with van der Waals surface area (Å²) in [6.07, 6.45) is 1.59. The molecule has 96 valence electrons. The van der Waals surface area contributed by atoms with Crippen LogP contribution in [-0.4, -0.2) is 11.1 Å². The molecule has 2 rings (SSSR count). The zero-order valence-corrected chi connectivity index (χ0v) is 10.4. The van der Waals surface area contributed by atoms with Crippen LogP contribution in [0.1, 0.15) is 12.5 Å². The van der Waals surface area contributed by atoms with Crippen molar-refractivity contribution >= 4 is 12.0 Å². The highest BCUT2D eigenvalue weighted by molar-refractivity contribution is 5.91. The number of hydrogen-bond donors (Lipinski definition) is 1. The van der Waals surface area contributed by atoms with Gasteiger partial charge in [0.15, 0.2) is 0 Å². The fourth-order valence-corrected chi connectivity index (χ4v) is 1.79. The molecule has 0 bridgehead atoms. The summed E-state index contributed by atoms with van der Waals surface area (Å²) in [6.45, 7) is 1.54. The summed E-state index contributed by atoms with van der Waals surface area (Å²) in [5, 5.41) is 8.85. The Morgan fingerprint density at radius 2 is 1.74 bits per heavy atom. The molecule has 2 aromatic rings. The summed E-state index contributed by atoms with van der Waals surface area (Å²) in [6, 6.07) is 13.6. The second kappa shape index (κ2) is 5.48. The molecule has 0 aliphatic rings. The van der Waals surface area contributed by atoms with Crippen molar-refractivity contribution in [3.05, 3.63) is 65.5 Å². The van der Waals surface area contributed by atoms with Gasteiger partial charge < -0.3 is 5.11 Å². The van der Waals surface area contributed by atoms with Crippen LogP contribution in [0.5, 0.6) is 0 Å². The number of aliphatic carboxylic acids is 1. The molecule has 0 radical (unpaired) electrons. The molecule has 0 amide bonds. The molecule has 0 spiro atoms. The lowest BCUT2D eigenvalue weighted by Gasteiger charge is -2.03. The predicted molar refractivity (Wildman–Crippen MR) is 73.1 cm³/mol. The van der Waals surface area contributed by atoms with Gasteiger partial charge in [-0.2, -0.15) is 0 Å². The highest BCUT2D eigenvalue weighted by Gasteiger charge is 2.02. The van der Waals surface area contributed by atoms with Gasteiger partial charge in [-0.1, -0.05) is 30.3 Å². The van der Waals surface area contributed by atoms with Gasteiger partial charge in [-0.3, -0.25) is 0 Å². The maximum atomic E-state index is 13.2. The van der Waals surface area contributed by atoms with E-state index in [9.17, 15) is 9.18 Å². The molecule has 3 heteroatoms. The van der Waals surface area contributed by atoms with Gasteiger partial charge >= 0.3 is 5.97 Å². The Morgan fingerprint density at radius 3 is 2.37 bits per heavy atom. The van der Waals surface area contributed by atoms with E-state index >= 15 is 0 Å². The quantitative estimate of drug-likeness (QED) is 0.843. The number of carboxylic acid groups (broad SMARTS) is 1. The van der Waals surface area contributed by atoms with E-state index in [1.165, 1.54) is 19.1 Å². The van der Waals surface area contributed by atoms with Crippen LogP contribution in [0.15, 0.2) is 54.1 Å². The first-order valence-electron chi connectivity index (χ1n) is 5.84. The first kappa shape index (κ1) is 13.0. The molecule has 0 heterocycles. The van der Waals surface area contributed by atoms with E-state index in [1.54, 1.807) is 12.1 Å². The van der Waals surface area contributed by atoms with E-state index in [1.807, 2.05) is 30.3 Å². The smallest absolute Gasteiger partial charge is 0.331 e. The van der Waals surface area contributed by atoms with Crippen molar-refractivity contribution in [1.82, 2.24) is 0 Å². The third kappa shape index (κ3) is 3.28. The van der Waals surface area contributed by atoms with E-state index in [0.717, 1.165) is 16.7 Å². The number of carbonyl (C=O) groups is 1. The number of rotatable bonds is 3. The van der Waals surface area contributed by atoms with Crippen LogP contribution in [0, 0.1) is 5.82 Å². The zero-order valence-electron chi connectivity index (χ0n) is 10.4. The Labute approximate surface area is 110 Å². The molecule has 0 saturated heterocycles. The third-order valence-electron chi connectivity index (χ3n) is 2.77. The van der Waals surface area contributed by atoms with Crippen LogP contribution in [0.4, 0.5) is 4.39 Å². The van der Waals surface area contributed by atoms with Crippen molar-refractivity contribution < 1.29 is 14.3 Å². The number of benzene rings is 2. The van der Waals surface area contributed by atoms with Crippen LogP contribution in [0.2, 0.25) is 0 Å². The summed E-state index contributed by atoms with van der Waals surface area (Å²) in [5.74, 6) is -1.24. The minimum atomic E-state index is -0.948. The van der Waals surface area contributed by atoms with Crippen LogP contribution < -0.4 is 0 Å². The molecule has 0 atom stereocenters. The fraction of sp³-hybridized carbons (Fsp3) is 0.0625. The minimum Gasteiger partial charge on any atom is -0.478 e. The van der Waals surface area contributed by atoms with E-state index < -0.39 is 5.97 Å². The van der Waals surface area contributed by atoms with Gasteiger partial charge in [-0.15, -0.1) is 0 Å². The fourth-order valence-electron chi connectivity index (χ4n) is 1.79. The van der Waals surface area contributed by atoms with Gasteiger partial charge in [0.2, 0.25) is 0 Å². The lowest BCUT2D eigenvalue weighted by Crippen LogP contribution is -1.95. The second-order valence-corrected chi connectivity index (χ2v) is 4.27. The molecular formula is C16H13FO2. The standard InChI is InChI=1S/C16H13FO2/c1-11(16(18)19)8-12-4-2-5-13(9-12)14-6-3-7-15(17)10-14/h2-10H,1H3,(H,18,19)/b11-8+. The van der Waals surface area contributed by atoms with Gasteiger partial charge in [-0.25, -0.2) is 9.18 Å². The second-order valence-electron chi connectivity index (χ2n) is 4.27. The molecule has 0 aliphatic carbocycles.